The fraction of sp³-hybridized carbons (Fsp3) is 0.387. The summed E-state index contributed by atoms with van der Waals surface area (Å²) >= 11 is 0. The molecule has 2 bridgehead atoms. The number of aliphatic hydroxyl groups excluding tert-OH is 1. The fourth-order valence-electron chi connectivity index (χ4n) is 6.31. The summed E-state index contributed by atoms with van der Waals surface area (Å²) < 4.78 is 5.77. The first-order chi connectivity index (χ1) is 19.2. The van der Waals surface area contributed by atoms with E-state index in [-0.39, 0.29) is 6.61 Å². The number of pyridine rings is 1. The summed E-state index contributed by atoms with van der Waals surface area (Å²) in [6, 6.07) is 19.9. The van der Waals surface area contributed by atoms with Crippen LogP contribution in [0.25, 0.3) is 22.0 Å². The largest absolute Gasteiger partial charge is 0.395 e. The first kappa shape index (κ1) is 24.5. The summed E-state index contributed by atoms with van der Waals surface area (Å²) in [7, 11) is 0. The van der Waals surface area contributed by atoms with Crippen molar-refractivity contribution in [2.45, 2.75) is 37.3 Å². The third kappa shape index (κ3) is 5.07. The van der Waals surface area contributed by atoms with Crippen LogP contribution in [0.2, 0.25) is 0 Å². The summed E-state index contributed by atoms with van der Waals surface area (Å²) in [6.45, 7) is 4.85. The number of nitrogens with one attached hydrogen (secondary N) is 1. The summed E-state index contributed by atoms with van der Waals surface area (Å²) in [6.07, 6.45) is 7.36. The molecule has 2 aromatic heterocycles. The zero-order valence-electron chi connectivity index (χ0n) is 22.0. The zero-order chi connectivity index (χ0) is 26.2. The van der Waals surface area contributed by atoms with Crippen molar-refractivity contribution in [1.29, 1.82) is 0 Å². The third-order valence-electron chi connectivity index (χ3n) is 8.47. The van der Waals surface area contributed by atoms with E-state index in [1.54, 1.807) is 6.20 Å². The summed E-state index contributed by atoms with van der Waals surface area (Å²) in [4.78, 5) is 18.8. The number of hydrogen-bond acceptors (Lipinski definition) is 8. The molecule has 0 aliphatic carbocycles. The Morgan fingerprint density at radius 1 is 0.974 bits per heavy atom. The van der Waals surface area contributed by atoms with Crippen LogP contribution < -0.4 is 10.2 Å². The molecule has 3 aliphatic rings. The van der Waals surface area contributed by atoms with Gasteiger partial charge in [-0.2, -0.15) is 0 Å². The quantitative estimate of drug-likeness (QED) is 0.365. The highest BCUT2D eigenvalue weighted by molar-refractivity contribution is 5.89. The second-order valence-corrected chi connectivity index (χ2v) is 10.9. The lowest BCUT2D eigenvalue weighted by Gasteiger charge is -2.31. The SMILES string of the molecule is OCCN1CCC(c2ccc(Nc3nccc(-c4ccc5cc(N6CC7C[C@H]6CO7)ccc5c4)n3)cn2)CC1. The van der Waals surface area contributed by atoms with Crippen LogP contribution in [-0.4, -0.2) is 76.5 Å². The van der Waals surface area contributed by atoms with Gasteiger partial charge in [0, 0.05) is 42.1 Å². The van der Waals surface area contributed by atoms with E-state index >= 15 is 0 Å². The van der Waals surface area contributed by atoms with E-state index in [9.17, 15) is 0 Å². The lowest BCUT2D eigenvalue weighted by molar-refractivity contribution is 0.0991. The Labute approximate surface area is 228 Å². The molecule has 2 N–H and O–H groups in total. The summed E-state index contributed by atoms with van der Waals surface area (Å²) in [5.74, 6) is 1.03. The molecule has 8 heteroatoms. The molecule has 200 valence electrons. The summed E-state index contributed by atoms with van der Waals surface area (Å²) in [5, 5.41) is 14.9. The predicted octanol–water partition coefficient (Wildman–Crippen LogP) is 4.58. The second-order valence-electron chi connectivity index (χ2n) is 10.9. The van der Waals surface area contributed by atoms with E-state index in [0.29, 0.717) is 24.0 Å². The van der Waals surface area contributed by atoms with Crippen LogP contribution in [-0.2, 0) is 4.74 Å². The van der Waals surface area contributed by atoms with Crippen molar-refractivity contribution in [3.8, 4) is 11.3 Å². The van der Waals surface area contributed by atoms with E-state index in [1.807, 2.05) is 12.3 Å². The van der Waals surface area contributed by atoms with Crippen molar-refractivity contribution in [1.82, 2.24) is 19.9 Å². The van der Waals surface area contributed by atoms with Crippen molar-refractivity contribution in [3.63, 3.8) is 0 Å². The van der Waals surface area contributed by atoms with E-state index in [4.69, 9.17) is 19.8 Å². The van der Waals surface area contributed by atoms with Crippen molar-refractivity contribution in [2.24, 2.45) is 0 Å². The molecule has 3 aliphatic heterocycles. The van der Waals surface area contributed by atoms with Crippen LogP contribution in [0, 0.1) is 0 Å². The second kappa shape index (κ2) is 10.5. The standard InChI is InChI=1S/C31H34N6O2/c38-14-13-36-11-8-21(9-12-36)29-6-4-25(18-33-29)34-31-32-10-7-30(35-31)24-2-1-23-16-26(5-3-22(23)15-24)37-19-28-17-27(37)20-39-28/h1-7,10,15-16,18,21,27-28,38H,8-9,11-14,17,19-20H2,(H,32,34,35)/t27-,28?/m0/s1. The average molecular weight is 523 g/mol. The average Bonchev–Trinajstić information content (AvgIpc) is 3.62. The Hall–Kier alpha value is -3.59. The van der Waals surface area contributed by atoms with Gasteiger partial charge in [-0.15, -0.1) is 0 Å². The molecule has 0 spiro atoms. The Bertz CT molecular complexity index is 1450. The number of piperidine rings is 1. The number of rotatable bonds is 7. The molecule has 0 amide bonds. The smallest absolute Gasteiger partial charge is 0.227 e. The molecule has 8 nitrogen and oxygen atoms in total. The normalized spacial score (nSPS) is 21.6. The van der Waals surface area contributed by atoms with Gasteiger partial charge in [-0.05, 0) is 79.5 Å². The van der Waals surface area contributed by atoms with Gasteiger partial charge >= 0.3 is 0 Å². The number of likely N-dealkylation sites (tertiary alicyclic amines) is 1. The first-order valence-electron chi connectivity index (χ1n) is 14.0. The number of aliphatic hydroxyl groups is 1. The highest BCUT2D eigenvalue weighted by Crippen LogP contribution is 2.35. The molecule has 7 rings (SSSR count). The number of nitrogens with zero attached hydrogens (tertiary/aromatic N) is 5. The van der Waals surface area contributed by atoms with Crippen LogP contribution in [0.3, 0.4) is 0 Å². The van der Waals surface area contributed by atoms with Crippen LogP contribution in [0.15, 0.2) is 67.0 Å². The van der Waals surface area contributed by atoms with Crippen LogP contribution >= 0.6 is 0 Å². The van der Waals surface area contributed by atoms with Gasteiger partial charge in [0.25, 0.3) is 0 Å². The number of aromatic nitrogens is 3. The Morgan fingerprint density at radius 2 is 1.85 bits per heavy atom. The summed E-state index contributed by atoms with van der Waals surface area (Å²) in [5.41, 5.74) is 5.23. The molecule has 2 atom stereocenters. The molecule has 2 aromatic carbocycles. The maximum atomic E-state index is 9.16. The van der Waals surface area contributed by atoms with Crippen molar-refractivity contribution in [3.05, 3.63) is 72.7 Å². The molecule has 1 unspecified atom stereocenters. The van der Waals surface area contributed by atoms with Gasteiger partial charge in [0.15, 0.2) is 0 Å². The van der Waals surface area contributed by atoms with Gasteiger partial charge < -0.3 is 25.0 Å². The van der Waals surface area contributed by atoms with Crippen LogP contribution in [0.1, 0.15) is 30.9 Å². The molecule has 0 saturated carbocycles. The fourth-order valence-corrected chi connectivity index (χ4v) is 6.31. The zero-order valence-corrected chi connectivity index (χ0v) is 22.0. The van der Waals surface area contributed by atoms with Gasteiger partial charge in [-0.3, -0.25) is 4.98 Å². The molecular weight excluding hydrogens is 488 g/mol. The van der Waals surface area contributed by atoms with Crippen molar-refractivity contribution < 1.29 is 9.84 Å². The maximum absolute atomic E-state index is 9.16. The molecule has 3 saturated heterocycles. The van der Waals surface area contributed by atoms with Gasteiger partial charge in [0.2, 0.25) is 5.95 Å². The van der Waals surface area contributed by atoms with E-state index in [1.165, 1.54) is 16.5 Å². The molecule has 3 fully saturated rings. The maximum Gasteiger partial charge on any atom is 0.227 e. The van der Waals surface area contributed by atoms with Crippen LogP contribution in [0.5, 0.6) is 0 Å². The molecule has 39 heavy (non-hydrogen) atoms. The van der Waals surface area contributed by atoms with Gasteiger partial charge in [-0.25, -0.2) is 9.97 Å². The number of fused-ring (bicyclic) bond motifs is 3. The number of β-amino-alcohol motifs (C(OH)–C–C–N with tert-alkyl or cyclic N) is 1. The van der Waals surface area contributed by atoms with Gasteiger partial charge in [0.05, 0.1) is 42.9 Å². The van der Waals surface area contributed by atoms with Gasteiger partial charge in [-0.1, -0.05) is 18.2 Å². The Morgan fingerprint density at radius 3 is 2.62 bits per heavy atom. The van der Waals surface area contributed by atoms with E-state index in [0.717, 1.165) is 74.7 Å². The molecule has 5 heterocycles. The number of morpholine rings is 1. The number of ether oxygens (including phenoxy) is 1. The third-order valence-corrected chi connectivity index (χ3v) is 8.47. The Balaban J connectivity index is 1.03. The van der Waals surface area contributed by atoms with E-state index < -0.39 is 0 Å². The lowest BCUT2D eigenvalue weighted by atomic mass is 9.93. The van der Waals surface area contributed by atoms with Crippen molar-refractivity contribution in [2.75, 3.05) is 49.6 Å². The molecule has 4 aromatic rings. The highest BCUT2D eigenvalue weighted by atomic mass is 16.5. The minimum atomic E-state index is 0.226. The topological polar surface area (TPSA) is 86.6 Å². The van der Waals surface area contributed by atoms with E-state index in [2.05, 4.69) is 68.6 Å². The van der Waals surface area contributed by atoms with Crippen LogP contribution in [0.4, 0.5) is 17.3 Å². The minimum Gasteiger partial charge on any atom is -0.395 e. The van der Waals surface area contributed by atoms with Gasteiger partial charge in [0.1, 0.15) is 0 Å². The first-order valence-corrected chi connectivity index (χ1v) is 14.0. The number of benzene rings is 2. The highest BCUT2D eigenvalue weighted by Gasteiger charge is 2.39. The number of hydrogen-bond donors (Lipinski definition) is 2. The predicted molar refractivity (Wildman–Crippen MR) is 153 cm³/mol. The number of anilines is 3. The Kier molecular flexibility index (Phi) is 6.60. The monoisotopic (exact) mass is 522 g/mol. The van der Waals surface area contributed by atoms with Crippen molar-refractivity contribution >= 4 is 28.1 Å². The minimum absolute atomic E-state index is 0.226. The molecular formula is C31H34N6O2. The lowest BCUT2D eigenvalue weighted by Crippen LogP contribution is -2.36. The molecule has 0 radical (unpaired) electrons.